The monoisotopic (exact) mass is 332 g/mol. The van der Waals surface area contributed by atoms with Gasteiger partial charge in [0.25, 0.3) is 5.91 Å². The van der Waals surface area contributed by atoms with Crippen LogP contribution >= 0.6 is 0 Å². The Morgan fingerprint density at radius 3 is 2.56 bits per heavy atom. The van der Waals surface area contributed by atoms with Crippen LogP contribution < -0.4 is 10.6 Å². The van der Waals surface area contributed by atoms with Crippen LogP contribution in [0.4, 0.5) is 21.5 Å². The predicted octanol–water partition coefficient (Wildman–Crippen LogP) is 4.09. The minimum Gasteiger partial charge on any atom is -0.355 e. The van der Waals surface area contributed by atoms with Crippen LogP contribution in [0.3, 0.4) is 0 Å². The lowest BCUT2D eigenvalue weighted by Gasteiger charge is -2.09. The Balaban J connectivity index is 1.76. The molecular weight excluding hydrogens is 319 g/mol. The lowest BCUT2D eigenvalue weighted by atomic mass is 10.2. The average Bonchev–Trinajstić information content (AvgIpc) is 2.62. The molecular formula is C19H13FN4O. The first kappa shape index (κ1) is 16.1. The van der Waals surface area contributed by atoms with Gasteiger partial charge in [-0.15, -0.1) is 0 Å². The number of pyridine rings is 1. The summed E-state index contributed by atoms with van der Waals surface area (Å²) in [6.07, 6.45) is 1.49. The van der Waals surface area contributed by atoms with Crippen molar-refractivity contribution in [1.29, 1.82) is 5.26 Å². The maximum absolute atomic E-state index is 13.2. The number of carbonyl (C=O) groups excluding carboxylic acids is 1. The van der Waals surface area contributed by atoms with E-state index < -0.39 is 5.91 Å². The Morgan fingerprint density at radius 2 is 1.76 bits per heavy atom. The van der Waals surface area contributed by atoms with Crippen molar-refractivity contribution in [1.82, 2.24) is 4.98 Å². The van der Waals surface area contributed by atoms with Crippen LogP contribution in [0.5, 0.6) is 0 Å². The number of halogens is 1. The second-order valence-electron chi connectivity index (χ2n) is 5.21. The third-order valence-corrected chi connectivity index (χ3v) is 3.36. The van der Waals surface area contributed by atoms with Crippen LogP contribution in [0, 0.1) is 17.1 Å². The van der Waals surface area contributed by atoms with E-state index >= 15 is 0 Å². The van der Waals surface area contributed by atoms with E-state index in [-0.39, 0.29) is 11.5 Å². The summed E-state index contributed by atoms with van der Waals surface area (Å²) >= 11 is 0. The molecule has 0 atom stereocenters. The van der Waals surface area contributed by atoms with Gasteiger partial charge in [-0.25, -0.2) is 4.39 Å². The number of nitriles is 1. The smallest absolute Gasteiger partial charge is 0.274 e. The molecule has 5 nitrogen and oxygen atoms in total. The fraction of sp³-hybridized carbons (Fsp3) is 0. The van der Waals surface area contributed by atoms with E-state index in [1.807, 2.05) is 6.07 Å². The van der Waals surface area contributed by atoms with Gasteiger partial charge in [-0.3, -0.25) is 9.78 Å². The summed E-state index contributed by atoms with van der Waals surface area (Å²) in [5.74, 6) is -0.757. The molecule has 2 aromatic carbocycles. The first-order valence-electron chi connectivity index (χ1n) is 7.44. The van der Waals surface area contributed by atoms with Crippen molar-refractivity contribution in [3.05, 3.63) is 83.9 Å². The van der Waals surface area contributed by atoms with Gasteiger partial charge >= 0.3 is 0 Å². The highest BCUT2D eigenvalue weighted by atomic mass is 19.1. The van der Waals surface area contributed by atoms with Gasteiger partial charge in [-0.1, -0.05) is 12.1 Å². The van der Waals surface area contributed by atoms with Crippen molar-refractivity contribution in [3.63, 3.8) is 0 Å². The second-order valence-corrected chi connectivity index (χ2v) is 5.21. The lowest BCUT2D eigenvalue weighted by molar-refractivity contribution is 0.102. The number of nitrogens with one attached hydrogen (secondary N) is 2. The van der Waals surface area contributed by atoms with E-state index in [1.165, 1.54) is 18.3 Å². The quantitative estimate of drug-likeness (QED) is 0.754. The Bertz CT molecular complexity index is 965. The number of amides is 1. The van der Waals surface area contributed by atoms with Crippen LogP contribution in [0.15, 0.2) is 66.9 Å². The molecule has 1 aromatic heterocycles. The summed E-state index contributed by atoms with van der Waals surface area (Å²) in [4.78, 5) is 16.4. The number of aromatic nitrogens is 1. The number of rotatable bonds is 4. The maximum atomic E-state index is 13.2. The molecule has 1 heterocycles. The van der Waals surface area contributed by atoms with E-state index in [4.69, 9.17) is 5.26 Å². The molecule has 25 heavy (non-hydrogen) atoms. The third kappa shape index (κ3) is 4.18. The van der Waals surface area contributed by atoms with E-state index in [2.05, 4.69) is 15.6 Å². The van der Waals surface area contributed by atoms with E-state index in [0.29, 0.717) is 22.6 Å². The number of hydrogen-bond donors (Lipinski definition) is 2. The molecule has 3 rings (SSSR count). The molecule has 0 unspecified atom stereocenters. The number of nitrogens with zero attached hydrogens (tertiary/aromatic N) is 2. The first-order valence-corrected chi connectivity index (χ1v) is 7.44. The van der Waals surface area contributed by atoms with Crippen molar-refractivity contribution in [2.24, 2.45) is 0 Å². The largest absolute Gasteiger partial charge is 0.355 e. The summed E-state index contributed by atoms with van der Waals surface area (Å²) in [5, 5.41) is 14.6. The van der Waals surface area contributed by atoms with E-state index in [0.717, 1.165) is 0 Å². The van der Waals surface area contributed by atoms with E-state index in [9.17, 15) is 9.18 Å². The second kappa shape index (κ2) is 7.23. The Morgan fingerprint density at radius 1 is 1.00 bits per heavy atom. The van der Waals surface area contributed by atoms with Crippen LogP contribution in [0.2, 0.25) is 0 Å². The summed E-state index contributed by atoms with van der Waals surface area (Å²) in [6.45, 7) is 0. The minimum absolute atomic E-state index is 0.198. The molecule has 0 spiro atoms. The molecule has 0 fully saturated rings. The van der Waals surface area contributed by atoms with Gasteiger partial charge in [0.05, 0.1) is 11.6 Å². The van der Waals surface area contributed by atoms with Gasteiger partial charge in [0.15, 0.2) is 0 Å². The van der Waals surface area contributed by atoms with Gasteiger partial charge in [-0.05, 0) is 48.5 Å². The third-order valence-electron chi connectivity index (χ3n) is 3.36. The molecule has 0 aliphatic heterocycles. The highest BCUT2D eigenvalue weighted by molar-refractivity contribution is 6.03. The summed E-state index contributed by atoms with van der Waals surface area (Å²) in [5.41, 5.74) is 2.33. The number of benzene rings is 2. The highest BCUT2D eigenvalue weighted by Gasteiger charge is 2.09. The molecule has 2 N–H and O–H groups in total. The Labute approximate surface area is 143 Å². The van der Waals surface area contributed by atoms with E-state index in [1.54, 1.807) is 48.5 Å². The topological polar surface area (TPSA) is 77.8 Å². The molecule has 0 radical (unpaired) electrons. The van der Waals surface area contributed by atoms with Crippen molar-refractivity contribution >= 4 is 23.0 Å². The highest BCUT2D eigenvalue weighted by Crippen LogP contribution is 2.18. The number of carbonyl (C=O) groups is 1. The minimum atomic E-state index is -0.405. The van der Waals surface area contributed by atoms with Crippen molar-refractivity contribution in [2.75, 3.05) is 10.6 Å². The Kier molecular flexibility index (Phi) is 4.67. The van der Waals surface area contributed by atoms with Gasteiger partial charge in [0.2, 0.25) is 0 Å². The zero-order valence-corrected chi connectivity index (χ0v) is 13.0. The molecule has 0 bridgehead atoms. The fourth-order valence-electron chi connectivity index (χ4n) is 2.23. The molecule has 0 saturated heterocycles. The lowest BCUT2D eigenvalue weighted by Crippen LogP contribution is -2.13. The van der Waals surface area contributed by atoms with Gasteiger partial charge in [0, 0.05) is 23.3 Å². The molecule has 3 aromatic rings. The summed E-state index contributed by atoms with van der Waals surface area (Å²) in [7, 11) is 0. The van der Waals surface area contributed by atoms with Gasteiger partial charge in [-0.2, -0.15) is 5.26 Å². The SMILES string of the molecule is N#Cc1cccc(NC(=O)c2cc(Nc3cccc(F)c3)ccn2)c1. The molecule has 122 valence electrons. The zero-order valence-electron chi connectivity index (χ0n) is 13.0. The molecule has 0 aliphatic carbocycles. The molecule has 0 aliphatic rings. The van der Waals surface area contributed by atoms with Gasteiger partial charge < -0.3 is 10.6 Å². The van der Waals surface area contributed by atoms with Crippen LogP contribution in [-0.2, 0) is 0 Å². The first-order chi connectivity index (χ1) is 12.1. The van der Waals surface area contributed by atoms with Gasteiger partial charge in [0.1, 0.15) is 11.5 Å². The molecule has 1 amide bonds. The molecule has 6 heteroatoms. The van der Waals surface area contributed by atoms with Crippen LogP contribution in [0.25, 0.3) is 0 Å². The number of hydrogen-bond acceptors (Lipinski definition) is 4. The van der Waals surface area contributed by atoms with Crippen LogP contribution in [-0.4, -0.2) is 10.9 Å². The number of anilines is 3. The normalized spacial score (nSPS) is 9.92. The maximum Gasteiger partial charge on any atom is 0.274 e. The summed E-state index contributed by atoms with van der Waals surface area (Å²) in [6, 6.07) is 17.9. The standard InChI is InChI=1S/C19H13FN4O/c20-14-4-2-6-16(10-14)23-17-7-8-22-18(11-17)19(25)24-15-5-1-3-13(9-15)12-21/h1-11H,(H,22,23)(H,24,25). The van der Waals surface area contributed by atoms with Crippen LogP contribution in [0.1, 0.15) is 16.1 Å². The van der Waals surface area contributed by atoms with Crippen molar-refractivity contribution < 1.29 is 9.18 Å². The fourth-order valence-corrected chi connectivity index (χ4v) is 2.23. The Hall–Kier alpha value is -3.72. The molecule has 0 saturated carbocycles. The zero-order chi connectivity index (χ0) is 17.6. The van der Waals surface area contributed by atoms with Crippen molar-refractivity contribution in [3.8, 4) is 6.07 Å². The predicted molar refractivity (Wildman–Crippen MR) is 93.0 cm³/mol. The summed E-state index contributed by atoms with van der Waals surface area (Å²) < 4.78 is 13.2. The van der Waals surface area contributed by atoms with Crippen molar-refractivity contribution in [2.45, 2.75) is 0 Å². The average molecular weight is 332 g/mol.